The van der Waals surface area contributed by atoms with Crippen LogP contribution in [0.5, 0.6) is 5.75 Å². The van der Waals surface area contributed by atoms with E-state index in [1.165, 1.54) is 34.6 Å². The van der Waals surface area contributed by atoms with Gasteiger partial charge in [-0.25, -0.2) is 8.42 Å². The molecular formula is C18H16Cl4N2O4S. The van der Waals surface area contributed by atoms with Gasteiger partial charge in [-0.15, -0.1) is 0 Å². The van der Waals surface area contributed by atoms with Gasteiger partial charge in [0.1, 0.15) is 5.75 Å². The van der Waals surface area contributed by atoms with E-state index < -0.39 is 15.9 Å². The number of nitrogens with zero attached hydrogens (tertiary/aromatic N) is 1. The summed E-state index contributed by atoms with van der Waals surface area (Å²) < 4.78 is 32.0. The number of hydrogen-bond acceptors (Lipinski definition) is 4. The number of hydrogen-bond donors (Lipinski definition) is 1. The van der Waals surface area contributed by atoms with E-state index in [1.54, 1.807) is 0 Å². The zero-order chi connectivity index (χ0) is 21.2. The average Bonchev–Trinajstić information content (AvgIpc) is 3.20. The van der Waals surface area contributed by atoms with Crippen LogP contribution < -0.4 is 10.1 Å². The molecule has 3 rings (SSSR count). The van der Waals surface area contributed by atoms with Crippen molar-refractivity contribution in [3.8, 4) is 5.75 Å². The lowest BCUT2D eigenvalue weighted by molar-refractivity contribution is -0.118. The van der Waals surface area contributed by atoms with Crippen LogP contribution >= 0.6 is 46.4 Å². The van der Waals surface area contributed by atoms with Gasteiger partial charge in [-0.05, 0) is 43.2 Å². The van der Waals surface area contributed by atoms with Gasteiger partial charge in [-0.3, -0.25) is 4.79 Å². The number of nitrogens with one attached hydrogen (secondary N) is 1. The second-order valence-corrected chi connectivity index (χ2v) is 9.85. The molecule has 0 radical (unpaired) electrons. The van der Waals surface area contributed by atoms with Gasteiger partial charge in [0.25, 0.3) is 5.91 Å². The topological polar surface area (TPSA) is 75.7 Å². The van der Waals surface area contributed by atoms with Crippen LogP contribution in [0.4, 0.5) is 5.69 Å². The Hall–Kier alpha value is -1.22. The molecule has 1 aliphatic heterocycles. The normalized spacial score (nSPS) is 14.8. The van der Waals surface area contributed by atoms with Gasteiger partial charge in [0, 0.05) is 13.1 Å². The number of anilines is 1. The number of halogens is 4. The van der Waals surface area contributed by atoms with E-state index >= 15 is 0 Å². The smallest absolute Gasteiger partial charge is 0.262 e. The molecule has 0 aliphatic carbocycles. The third-order valence-electron chi connectivity index (χ3n) is 4.25. The van der Waals surface area contributed by atoms with Crippen LogP contribution in [0, 0.1) is 0 Å². The molecule has 1 aliphatic rings. The first kappa shape index (κ1) is 22.5. The number of sulfonamides is 1. The summed E-state index contributed by atoms with van der Waals surface area (Å²) in [5.74, 6) is -0.322. The Morgan fingerprint density at radius 2 is 1.62 bits per heavy atom. The van der Waals surface area contributed by atoms with Crippen molar-refractivity contribution in [1.82, 2.24) is 4.31 Å². The largest absolute Gasteiger partial charge is 0.482 e. The zero-order valence-corrected chi connectivity index (χ0v) is 18.8. The molecule has 2 aromatic carbocycles. The van der Waals surface area contributed by atoms with Gasteiger partial charge < -0.3 is 10.1 Å². The number of rotatable bonds is 6. The Morgan fingerprint density at radius 1 is 0.966 bits per heavy atom. The summed E-state index contributed by atoms with van der Waals surface area (Å²) in [7, 11) is -3.59. The molecule has 1 saturated heterocycles. The highest BCUT2D eigenvalue weighted by Crippen LogP contribution is 2.33. The fraction of sp³-hybridized carbons (Fsp3) is 0.278. The zero-order valence-electron chi connectivity index (χ0n) is 14.9. The first-order chi connectivity index (χ1) is 13.7. The van der Waals surface area contributed by atoms with Crippen LogP contribution in [-0.4, -0.2) is 38.3 Å². The molecule has 1 fully saturated rings. The van der Waals surface area contributed by atoms with Crippen molar-refractivity contribution in [2.75, 3.05) is 25.0 Å². The van der Waals surface area contributed by atoms with Crippen molar-refractivity contribution in [3.05, 3.63) is 50.4 Å². The Morgan fingerprint density at radius 3 is 2.28 bits per heavy atom. The molecule has 0 saturated carbocycles. The van der Waals surface area contributed by atoms with E-state index in [0.717, 1.165) is 12.8 Å². The molecule has 1 N–H and O–H groups in total. The maximum atomic E-state index is 12.6. The maximum Gasteiger partial charge on any atom is 0.262 e. The monoisotopic (exact) mass is 496 g/mol. The number of carbonyl (C=O) groups excluding carboxylic acids is 1. The number of ether oxygens (including phenoxy) is 1. The van der Waals surface area contributed by atoms with Crippen molar-refractivity contribution in [2.24, 2.45) is 0 Å². The predicted molar refractivity (Wildman–Crippen MR) is 115 cm³/mol. The van der Waals surface area contributed by atoms with E-state index in [4.69, 9.17) is 51.1 Å². The Kier molecular flexibility index (Phi) is 7.19. The van der Waals surface area contributed by atoms with E-state index in [-0.39, 0.29) is 43.0 Å². The van der Waals surface area contributed by atoms with Crippen LogP contribution in [0.1, 0.15) is 12.8 Å². The number of benzene rings is 2. The minimum Gasteiger partial charge on any atom is -0.482 e. The standard InChI is InChI=1S/C18H16Cl4N2O4S/c19-12-8-14(21)16(9-13(12)20)23-18(25)10-28-17-4-3-11(7-15(17)22)29(26,27)24-5-1-2-6-24/h3-4,7-9H,1-2,5-6,10H2,(H,23,25). The molecule has 29 heavy (non-hydrogen) atoms. The predicted octanol–water partition coefficient (Wildman–Crippen LogP) is 5.10. The SMILES string of the molecule is O=C(COc1ccc(S(=O)(=O)N2CCCC2)cc1Cl)Nc1cc(Cl)c(Cl)cc1Cl. The molecule has 6 nitrogen and oxygen atoms in total. The van der Waals surface area contributed by atoms with Crippen LogP contribution in [0.25, 0.3) is 0 Å². The lowest BCUT2D eigenvalue weighted by Gasteiger charge is -2.16. The Bertz CT molecular complexity index is 1040. The van der Waals surface area contributed by atoms with Crippen molar-refractivity contribution >= 4 is 68.0 Å². The molecule has 0 aromatic heterocycles. The Labute approximate surface area is 188 Å². The summed E-state index contributed by atoms with van der Waals surface area (Å²) in [6.45, 7) is 0.625. The molecule has 2 aromatic rings. The highest BCUT2D eigenvalue weighted by molar-refractivity contribution is 7.89. The molecule has 11 heteroatoms. The second kappa shape index (κ2) is 9.29. The first-order valence-electron chi connectivity index (χ1n) is 8.55. The summed E-state index contributed by atoms with van der Waals surface area (Å²) in [4.78, 5) is 12.2. The molecule has 0 atom stereocenters. The van der Waals surface area contributed by atoms with E-state index in [9.17, 15) is 13.2 Å². The van der Waals surface area contributed by atoms with Gasteiger partial charge in [0.2, 0.25) is 10.0 Å². The van der Waals surface area contributed by atoms with Gasteiger partial charge >= 0.3 is 0 Å². The highest BCUT2D eigenvalue weighted by Gasteiger charge is 2.27. The van der Waals surface area contributed by atoms with Gasteiger partial charge in [-0.1, -0.05) is 46.4 Å². The molecule has 0 spiro atoms. The number of amides is 1. The minimum atomic E-state index is -3.59. The van der Waals surface area contributed by atoms with Gasteiger partial charge in [0.05, 0.1) is 30.7 Å². The van der Waals surface area contributed by atoms with E-state index in [0.29, 0.717) is 13.1 Å². The van der Waals surface area contributed by atoms with Crippen molar-refractivity contribution in [1.29, 1.82) is 0 Å². The van der Waals surface area contributed by atoms with Gasteiger partial charge in [0.15, 0.2) is 6.61 Å². The molecule has 1 amide bonds. The number of carbonyl (C=O) groups is 1. The van der Waals surface area contributed by atoms with Crippen LogP contribution in [-0.2, 0) is 14.8 Å². The fourth-order valence-corrected chi connectivity index (χ4v) is 5.22. The summed E-state index contributed by atoms with van der Waals surface area (Å²) in [5, 5.41) is 3.38. The molecule has 1 heterocycles. The summed E-state index contributed by atoms with van der Waals surface area (Å²) in [5.41, 5.74) is 0.285. The molecule has 0 bridgehead atoms. The maximum absolute atomic E-state index is 12.6. The molecular weight excluding hydrogens is 482 g/mol. The lowest BCUT2D eigenvalue weighted by atomic mass is 10.3. The van der Waals surface area contributed by atoms with Crippen LogP contribution in [0.2, 0.25) is 20.1 Å². The molecule has 156 valence electrons. The highest BCUT2D eigenvalue weighted by atomic mass is 35.5. The lowest BCUT2D eigenvalue weighted by Crippen LogP contribution is -2.27. The van der Waals surface area contributed by atoms with Gasteiger partial charge in [-0.2, -0.15) is 4.31 Å². The summed E-state index contributed by atoms with van der Waals surface area (Å²) in [6, 6.07) is 6.99. The van der Waals surface area contributed by atoms with Crippen molar-refractivity contribution in [3.63, 3.8) is 0 Å². The average molecular weight is 498 g/mol. The molecule has 0 unspecified atom stereocenters. The second-order valence-electron chi connectivity index (χ2n) is 6.29. The minimum absolute atomic E-state index is 0.0868. The van der Waals surface area contributed by atoms with E-state index in [1.807, 2.05) is 0 Å². The van der Waals surface area contributed by atoms with Crippen LogP contribution in [0.15, 0.2) is 35.2 Å². The third-order valence-corrected chi connectivity index (χ3v) is 7.47. The summed E-state index contributed by atoms with van der Waals surface area (Å²) >= 11 is 23.9. The first-order valence-corrected chi connectivity index (χ1v) is 11.5. The van der Waals surface area contributed by atoms with Crippen LogP contribution in [0.3, 0.4) is 0 Å². The van der Waals surface area contributed by atoms with Crippen molar-refractivity contribution < 1.29 is 17.9 Å². The van der Waals surface area contributed by atoms with E-state index in [2.05, 4.69) is 5.32 Å². The quantitative estimate of drug-likeness (QED) is 0.563. The third kappa shape index (κ3) is 5.29. The summed E-state index contributed by atoms with van der Waals surface area (Å²) in [6.07, 6.45) is 1.68. The van der Waals surface area contributed by atoms with Crippen molar-refractivity contribution in [2.45, 2.75) is 17.7 Å². The fourth-order valence-electron chi connectivity index (χ4n) is 2.78. The Balaban J connectivity index is 1.65.